The van der Waals surface area contributed by atoms with E-state index < -0.39 is 32.2 Å². The van der Waals surface area contributed by atoms with Crippen molar-refractivity contribution in [2.24, 2.45) is 0 Å². The molecular weight excluding hydrogens is 226 g/mol. The molecule has 1 rings (SSSR count). The van der Waals surface area contributed by atoms with Crippen molar-refractivity contribution in [3.63, 3.8) is 0 Å². The quantitative estimate of drug-likeness (QED) is 0.534. The summed E-state index contributed by atoms with van der Waals surface area (Å²) >= 11 is 0. The van der Waals surface area contributed by atoms with Gasteiger partial charge in [-0.1, -0.05) is 4.89 Å². The van der Waals surface area contributed by atoms with Gasteiger partial charge >= 0.3 is 5.97 Å². The van der Waals surface area contributed by atoms with Crippen LogP contribution in [-0.2, 0) is 10.0 Å². The molecule has 0 unspecified atom stereocenters. The molecule has 0 aliphatic rings. The Bertz CT molecular complexity index is 494. The first kappa shape index (κ1) is 11.4. The third kappa shape index (κ3) is 2.24. The number of sulfonamides is 1. The Morgan fingerprint density at radius 2 is 1.93 bits per heavy atom. The number of rotatable bonds is 3. The molecule has 15 heavy (non-hydrogen) atoms. The maximum atomic E-state index is 11.1. The minimum Gasteiger partial charge on any atom is -0.507 e. The SMILES string of the molecule is O=C(O)c1cc(S(=O)(=O)NO)ccc1O. The normalized spacial score (nSPS) is 11.3. The summed E-state index contributed by atoms with van der Waals surface area (Å²) in [4.78, 5) is 11.1. The van der Waals surface area contributed by atoms with Gasteiger partial charge in [0.15, 0.2) is 0 Å². The lowest BCUT2D eigenvalue weighted by molar-refractivity contribution is 0.0693. The zero-order valence-corrected chi connectivity index (χ0v) is 8.02. The van der Waals surface area contributed by atoms with Crippen molar-refractivity contribution >= 4 is 16.0 Å². The maximum Gasteiger partial charge on any atom is 0.339 e. The van der Waals surface area contributed by atoms with Gasteiger partial charge in [-0.25, -0.2) is 13.2 Å². The molecule has 0 saturated carbocycles. The summed E-state index contributed by atoms with van der Waals surface area (Å²) in [5.74, 6) is -2.03. The topological polar surface area (TPSA) is 124 Å². The third-order valence-electron chi connectivity index (χ3n) is 1.63. The van der Waals surface area contributed by atoms with Crippen molar-refractivity contribution < 1.29 is 28.6 Å². The predicted molar refractivity (Wildman–Crippen MR) is 47.2 cm³/mol. The highest BCUT2D eigenvalue weighted by molar-refractivity contribution is 7.89. The molecule has 8 heteroatoms. The van der Waals surface area contributed by atoms with E-state index in [0.29, 0.717) is 0 Å². The highest BCUT2D eigenvalue weighted by atomic mass is 32.2. The Balaban J connectivity index is 3.38. The summed E-state index contributed by atoms with van der Waals surface area (Å²) < 4.78 is 22.1. The lowest BCUT2D eigenvalue weighted by Crippen LogP contribution is -2.19. The molecule has 82 valence electrons. The summed E-state index contributed by atoms with van der Waals surface area (Å²) in [6.07, 6.45) is 0. The smallest absolute Gasteiger partial charge is 0.339 e. The summed E-state index contributed by atoms with van der Waals surface area (Å²) in [6.45, 7) is 0. The van der Waals surface area contributed by atoms with E-state index in [1.165, 1.54) is 0 Å². The number of carboxylic acids is 1. The summed E-state index contributed by atoms with van der Waals surface area (Å²) in [7, 11) is -4.14. The van der Waals surface area contributed by atoms with Gasteiger partial charge in [0.1, 0.15) is 11.3 Å². The molecule has 0 amide bonds. The van der Waals surface area contributed by atoms with Gasteiger partial charge < -0.3 is 15.4 Å². The molecule has 0 aliphatic heterocycles. The fourth-order valence-corrected chi connectivity index (χ4v) is 1.53. The number of nitrogens with one attached hydrogen (secondary N) is 1. The number of carboxylic acid groups (broad SMARTS) is 1. The second-order valence-electron chi connectivity index (χ2n) is 2.58. The van der Waals surface area contributed by atoms with Crippen molar-refractivity contribution in [2.45, 2.75) is 4.90 Å². The van der Waals surface area contributed by atoms with Crippen LogP contribution in [0.1, 0.15) is 10.4 Å². The Morgan fingerprint density at radius 3 is 2.40 bits per heavy atom. The van der Waals surface area contributed by atoms with Crippen molar-refractivity contribution in [3.8, 4) is 5.75 Å². The van der Waals surface area contributed by atoms with E-state index in [-0.39, 0.29) is 0 Å². The van der Waals surface area contributed by atoms with E-state index in [2.05, 4.69) is 0 Å². The molecule has 1 aromatic carbocycles. The predicted octanol–water partition coefficient (Wildman–Crippen LogP) is -0.242. The molecule has 0 spiro atoms. The molecule has 0 atom stereocenters. The van der Waals surface area contributed by atoms with E-state index in [4.69, 9.17) is 15.4 Å². The molecule has 0 fully saturated rings. The molecule has 0 bridgehead atoms. The van der Waals surface area contributed by atoms with E-state index in [0.717, 1.165) is 23.1 Å². The van der Waals surface area contributed by atoms with E-state index in [9.17, 15) is 13.2 Å². The Hall–Kier alpha value is -1.64. The van der Waals surface area contributed by atoms with Gasteiger partial charge in [-0.05, 0) is 18.2 Å². The van der Waals surface area contributed by atoms with Crippen molar-refractivity contribution in [3.05, 3.63) is 23.8 Å². The third-order valence-corrected chi connectivity index (χ3v) is 2.74. The molecule has 0 aromatic heterocycles. The fraction of sp³-hybridized carbons (Fsp3) is 0. The number of benzene rings is 1. The van der Waals surface area contributed by atoms with Crippen LogP contribution >= 0.6 is 0 Å². The van der Waals surface area contributed by atoms with Crippen LogP contribution in [0.2, 0.25) is 0 Å². The minimum atomic E-state index is -4.14. The number of aromatic hydroxyl groups is 1. The van der Waals surface area contributed by atoms with Gasteiger partial charge in [0.05, 0.1) is 4.90 Å². The van der Waals surface area contributed by atoms with Gasteiger partial charge in [-0.3, -0.25) is 0 Å². The number of aromatic carboxylic acids is 1. The van der Waals surface area contributed by atoms with Crippen LogP contribution in [-0.4, -0.2) is 29.8 Å². The summed E-state index contributed by atoms with van der Waals surface area (Å²) in [5, 5.41) is 26.0. The van der Waals surface area contributed by atoms with Crippen molar-refractivity contribution in [1.82, 2.24) is 4.89 Å². The zero-order valence-electron chi connectivity index (χ0n) is 7.21. The second kappa shape index (κ2) is 3.85. The molecule has 0 radical (unpaired) electrons. The Morgan fingerprint density at radius 1 is 1.33 bits per heavy atom. The molecular formula is C7H7NO6S. The molecule has 0 heterocycles. The van der Waals surface area contributed by atoms with Crippen LogP contribution in [0.5, 0.6) is 5.75 Å². The van der Waals surface area contributed by atoms with Gasteiger partial charge in [0.25, 0.3) is 10.0 Å². The van der Waals surface area contributed by atoms with Gasteiger partial charge in [0, 0.05) is 0 Å². The van der Waals surface area contributed by atoms with E-state index in [1.54, 1.807) is 0 Å². The van der Waals surface area contributed by atoms with Gasteiger partial charge in [0.2, 0.25) is 0 Å². The first-order valence-electron chi connectivity index (χ1n) is 3.60. The molecule has 0 saturated heterocycles. The summed E-state index contributed by atoms with van der Waals surface area (Å²) in [6, 6.07) is 2.60. The van der Waals surface area contributed by atoms with E-state index in [1.807, 2.05) is 0 Å². The molecule has 4 N–H and O–H groups in total. The maximum absolute atomic E-state index is 11.1. The van der Waals surface area contributed by atoms with Crippen LogP contribution < -0.4 is 4.89 Å². The van der Waals surface area contributed by atoms with Crippen LogP contribution in [0.4, 0.5) is 0 Å². The zero-order chi connectivity index (χ0) is 11.6. The average Bonchev–Trinajstić information content (AvgIpc) is 2.17. The van der Waals surface area contributed by atoms with Gasteiger partial charge in [-0.2, -0.15) is 0 Å². The average molecular weight is 233 g/mol. The highest BCUT2D eigenvalue weighted by Gasteiger charge is 2.17. The lowest BCUT2D eigenvalue weighted by atomic mass is 10.2. The first-order valence-corrected chi connectivity index (χ1v) is 5.09. The van der Waals surface area contributed by atoms with Crippen molar-refractivity contribution in [2.75, 3.05) is 0 Å². The standard InChI is InChI=1S/C7H7NO6S/c9-6-2-1-4(15(13,14)8-12)3-5(6)7(10)11/h1-3,8-9,12H,(H,10,11). The molecule has 7 nitrogen and oxygen atoms in total. The lowest BCUT2D eigenvalue weighted by Gasteiger charge is -2.03. The monoisotopic (exact) mass is 233 g/mol. The number of phenols is 1. The Kier molecular flexibility index (Phi) is 2.93. The number of hydrogen-bond donors (Lipinski definition) is 4. The van der Waals surface area contributed by atoms with Crippen molar-refractivity contribution in [1.29, 1.82) is 0 Å². The minimum absolute atomic E-state index is 0.458. The van der Waals surface area contributed by atoms with Crippen LogP contribution in [0, 0.1) is 0 Å². The van der Waals surface area contributed by atoms with E-state index >= 15 is 0 Å². The second-order valence-corrected chi connectivity index (χ2v) is 4.24. The fourth-order valence-electron chi connectivity index (χ4n) is 0.906. The largest absolute Gasteiger partial charge is 0.507 e. The summed E-state index contributed by atoms with van der Waals surface area (Å²) in [5.41, 5.74) is -0.564. The molecule has 0 aliphatic carbocycles. The Labute approximate surface area is 84.6 Å². The highest BCUT2D eigenvalue weighted by Crippen LogP contribution is 2.20. The first-order chi connectivity index (χ1) is 6.88. The number of hydrogen-bond acceptors (Lipinski definition) is 5. The van der Waals surface area contributed by atoms with Crippen LogP contribution in [0.15, 0.2) is 23.1 Å². The molecule has 1 aromatic rings. The van der Waals surface area contributed by atoms with Crippen LogP contribution in [0.25, 0.3) is 0 Å². The van der Waals surface area contributed by atoms with Crippen LogP contribution in [0.3, 0.4) is 0 Å². The number of carbonyl (C=O) groups is 1. The van der Waals surface area contributed by atoms with Gasteiger partial charge in [-0.15, -0.1) is 0 Å².